The van der Waals surface area contributed by atoms with Crippen molar-refractivity contribution in [3.05, 3.63) is 28.3 Å². The van der Waals surface area contributed by atoms with Crippen molar-refractivity contribution in [1.29, 1.82) is 0 Å². The highest BCUT2D eigenvalue weighted by atomic mass is 16.6. The molecule has 6 nitrogen and oxygen atoms in total. The summed E-state index contributed by atoms with van der Waals surface area (Å²) in [4.78, 5) is 10.8. The summed E-state index contributed by atoms with van der Waals surface area (Å²) in [6.07, 6.45) is 0.896. The molecule has 1 fully saturated rings. The highest BCUT2D eigenvalue weighted by Gasteiger charge is 2.28. The average molecular weight is 266 g/mol. The molecule has 1 N–H and O–H groups in total. The van der Waals surface area contributed by atoms with Gasteiger partial charge in [-0.15, -0.1) is 0 Å². The van der Waals surface area contributed by atoms with E-state index in [2.05, 4.69) is 5.32 Å². The van der Waals surface area contributed by atoms with Gasteiger partial charge in [0.2, 0.25) is 0 Å². The van der Waals surface area contributed by atoms with Crippen LogP contribution in [0, 0.1) is 10.1 Å². The van der Waals surface area contributed by atoms with Crippen LogP contribution in [0.25, 0.3) is 0 Å². The van der Waals surface area contributed by atoms with Gasteiger partial charge in [0.25, 0.3) is 0 Å². The van der Waals surface area contributed by atoms with Crippen molar-refractivity contribution >= 4 is 11.4 Å². The number of nitro benzene ring substituents is 1. The molecule has 1 saturated heterocycles. The summed E-state index contributed by atoms with van der Waals surface area (Å²) in [5, 5.41) is 14.4. The minimum absolute atomic E-state index is 0.0107. The zero-order valence-corrected chi connectivity index (χ0v) is 11.1. The number of para-hydroxylation sites is 1. The lowest BCUT2D eigenvalue weighted by Gasteiger charge is -2.18. The van der Waals surface area contributed by atoms with Gasteiger partial charge in [0.1, 0.15) is 5.69 Å². The van der Waals surface area contributed by atoms with Gasteiger partial charge in [-0.2, -0.15) is 0 Å². The Hall–Kier alpha value is -1.82. The Bertz CT molecular complexity index is 464. The number of ether oxygens (including phenoxy) is 2. The lowest BCUT2D eigenvalue weighted by molar-refractivity contribution is -0.385. The summed E-state index contributed by atoms with van der Waals surface area (Å²) >= 11 is 0. The third kappa shape index (κ3) is 2.96. The maximum Gasteiger partial charge on any atom is 0.333 e. The van der Waals surface area contributed by atoms with E-state index in [-0.39, 0.29) is 17.8 Å². The lowest BCUT2D eigenvalue weighted by atomic mass is 10.1. The van der Waals surface area contributed by atoms with Gasteiger partial charge < -0.3 is 14.8 Å². The zero-order chi connectivity index (χ0) is 13.8. The lowest BCUT2D eigenvalue weighted by Crippen LogP contribution is -2.27. The van der Waals surface area contributed by atoms with Crippen molar-refractivity contribution in [1.82, 2.24) is 0 Å². The fourth-order valence-corrected chi connectivity index (χ4v) is 2.22. The second kappa shape index (κ2) is 5.88. The van der Waals surface area contributed by atoms with E-state index < -0.39 is 4.92 Å². The Morgan fingerprint density at radius 2 is 2.37 bits per heavy atom. The van der Waals surface area contributed by atoms with Gasteiger partial charge in [0, 0.05) is 6.61 Å². The quantitative estimate of drug-likeness (QED) is 0.655. The van der Waals surface area contributed by atoms with Crippen molar-refractivity contribution in [2.45, 2.75) is 32.4 Å². The van der Waals surface area contributed by atoms with Gasteiger partial charge in [0.05, 0.1) is 23.7 Å². The fraction of sp³-hybridized carbons (Fsp3) is 0.538. The number of anilines is 1. The molecule has 0 spiro atoms. The van der Waals surface area contributed by atoms with E-state index in [1.54, 1.807) is 25.1 Å². The third-order valence-electron chi connectivity index (χ3n) is 3.20. The Balaban J connectivity index is 2.28. The van der Waals surface area contributed by atoms with E-state index in [0.717, 1.165) is 6.42 Å². The molecule has 1 aromatic rings. The van der Waals surface area contributed by atoms with E-state index in [1.807, 2.05) is 6.92 Å². The maximum absolute atomic E-state index is 11.2. The average Bonchev–Trinajstić information content (AvgIpc) is 2.75. The Labute approximate surface area is 111 Å². The molecule has 104 valence electrons. The van der Waals surface area contributed by atoms with Gasteiger partial charge in [-0.05, 0) is 32.4 Å². The van der Waals surface area contributed by atoms with E-state index in [9.17, 15) is 10.1 Å². The molecule has 1 aliphatic rings. The molecule has 1 heterocycles. The molecule has 0 saturated carbocycles. The first-order chi connectivity index (χ1) is 9.13. The van der Waals surface area contributed by atoms with Gasteiger partial charge >= 0.3 is 5.69 Å². The second-order valence-electron chi connectivity index (χ2n) is 4.46. The summed E-state index contributed by atoms with van der Waals surface area (Å²) in [6, 6.07) is 5.16. The first-order valence-corrected chi connectivity index (χ1v) is 6.41. The summed E-state index contributed by atoms with van der Waals surface area (Å²) in [5.41, 5.74) is 0.474. The molecule has 1 aromatic carbocycles. The van der Waals surface area contributed by atoms with Gasteiger partial charge in [-0.1, -0.05) is 6.07 Å². The number of hydrogen-bond donors (Lipinski definition) is 1. The van der Waals surface area contributed by atoms with Crippen LogP contribution in [0.4, 0.5) is 11.4 Å². The first-order valence-electron chi connectivity index (χ1n) is 6.41. The van der Waals surface area contributed by atoms with Crippen LogP contribution in [-0.4, -0.2) is 30.3 Å². The maximum atomic E-state index is 11.2. The fourth-order valence-electron chi connectivity index (χ4n) is 2.22. The summed E-state index contributed by atoms with van der Waals surface area (Å²) in [6.45, 7) is 4.84. The van der Waals surface area contributed by atoms with Gasteiger partial charge in [-0.25, -0.2) is 0 Å². The molecule has 0 unspecified atom stereocenters. The van der Waals surface area contributed by atoms with Crippen LogP contribution in [0.5, 0.6) is 5.75 Å². The molecule has 0 aromatic heterocycles. The molecule has 19 heavy (non-hydrogen) atoms. The number of nitrogens with one attached hydrogen (secondary N) is 1. The topological polar surface area (TPSA) is 73.6 Å². The van der Waals surface area contributed by atoms with Crippen LogP contribution in [-0.2, 0) is 4.74 Å². The number of nitrogens with zero attached hydrogens (tertiary/aromatic N) is 1. The standard InChI is InChI=1S/C13H18N2O4/c1-3-18-12-6-4-5-11(13(12)15(16)17)14-10-7-8-19-9(10)2/h4-6,9-10,14H,3,7-8H2,1-2H3/t9-,10+/m0/s1. The molecule has 0 bridgehead atoms. The monoisotopic (exact) mass is 266 g/mol. The largest absolute Gasteiger partial charge is 0.487 e. The van der Waals surface area contributed by atoms with Crippen molar-refractivity contribution < 1.29 is 14.4 Å². The van der Waals surface area contributed by atoms with Crippen molar-refractivity contribution in [3.63, 3.8) is 0 Å². The molecular weight excluding hydrogens is 248 g/mol. The Morgan fingerprint density at radius 3 is 2.95 bits per heavy atom. The predicted octanol–water partition coefficient (Wildman–Crippen LogP) is 2.58. The normalized spacial score (nSPS) is 22.2. The minimum Gasteiger partial charge on any atom is -0.487 e. The smallest absolute Gasteiger partial charge is 0.333 e. The van der Waals surface area contributed by atoms with Crippen LogP contribution >= 0.6 is 0 Å². The van der Waals surface area contributed by atoms with Crippen molar-refractivity contribution in [2.75, 3.05) is 18.5 Å². The first kappa shape index (κ1) is 13.6. The van der Waals surface area contributed by atoms with E-state index in [4.69, 9.17) is 9.47 Å². The molecule has 0 aliphatic carbocycles. The molecule has 0 radical (unpaired) electrons. The number of hydrogen-bond acceptors (Lipinski definition) is 5. The molecule has 1 aliphatic heterocycles. The highest BCUT2D eigenvalue weighted by molar-refractivity contribution is 5.68. The van der Waals surface area contributed by atoms with E-state index in [0.29, 0.717) is 24.7 Å². The predicted molar refractivity (Wildman–Crippen MR) is 71.7 cm³/mol. The van der Waals surface area contributed by atoms with Crippen LogP contribution in [0.3, 0.4) is 0 Å². The molecule has 6 heteroatoms. The molecular formula is C13H18N2O4. The van der Waals surface area contributed by atoms with Crippen LogP contribution in [0.15, 0.2) is 18.2 Å². The number of rotatable bonds is 5. The summed E-state index contributed by atoms with van der Waals surface area (Å²) < 4.78 is 10.8. The van der Waals surface area contributed by atoms with Gasteiger partial charge in [-0.3, -0.25) is 10.1 Å². The highest BCUT2D eigenvalue weighted by Crippen LogP contribution is 2.36. The summed E-state index contributed by atoms with van der Waals surface area (Å²) in [7, 11) is 0. The van der Waals surface area contributed by atoms with Crippen LogP contribution < -0.4 is 10.1 Å². The molecule has 2 rings (SSSR count). The Morgan fingerprint density at radius 1 is 1.58 bits per heavy atom. The van der Waals surface area contributed by atoms with E-state index >= 15 is 0 Å². The number of benzene rings is 1. The number of nitro groups is 1. The molecule has 2 atom stereocenters. The Kier molecular flexibility index (Phi) is 4.21. The van der Waals surface area contributed by atoms with Crippen LogP contribution in [0.1, 0.15) is 20.3 Å². The molecule has 0 amide bonds. The minimum atomic E-state index is -0.409. The van der Waals surface area contributed by atoms with E-state index in [1.165, 1.54) is 0 Å². The second-order valence-corrected chi connectivity index (χ2v) is 4.46. The summed E-state index contributed by atoms with van der Waals surface area (Å²) in [5.74, 6) is 0.295. The van der Waals surface area contributed by atoms with Crippen molar-refractivity contribution in [2.24, 2.45) is 0 Å². The SMILES string of the molecule is CCOc1cccc(N[C@@H]2CCO[C@H]2C)c1[N+](=O)[O-]. The third-order valence-corrected chi connectivity index (χ3v) is 3.20. The zero-order valence-electron chi connectivity index (χ0n) is 11.1. The van der Waals surface area contributed by atoms with Gasteiger partial charge in [0.15, 0.2) is 5.75 Å². The van der Waals surface area contributed by atoms with Crippen molar-refractivity contribution in [3.8, 4) is 5.75 Å². The van der Waals surface area contributed by atoms with Crippen LogP contribution in [0.2, 0.25) is 0 Å².